The van der Waals surface area contributed by atoms with E-state index >= 15 is 0 Å². The van der Waals surface area contributed by atoms with Crippen LogP contribution in [0.5, 0.6) is 0 Å². The first-order chi connectivity index (χ1) is 11.1. The van der Waals surface area contributed by atoms with E-state index in [0.717, 1.165) is 4.90 Å². The van der Waals surface area contributed by atoms with Gasteiger partial charge in [0.2, 0.25) is 5.91 Å². The van der Waals surface area contributed by atoms with Gasteiger partial charge in [0.1, 0.15) is 5.92 Å². The first kappa shape index (κ1) is 14.6. The number of carbonyl (C=O) groups is 3. The van der Waals surface area contributed by atoms with Crippen LogP contribution < -0.4 is 15.6 Å². The lowest BCUT2D eigenvalue weighted by molar-refractivity contribution is -0.130. The molecular weight excluding hydrogens is 296 g/mol. The molecule has 2 aromatic rings. The van der Waals surface area contributed by atoms with Crippen molar-refractivity contribution < 1.29 is 14.4 Å². The van der Waals surface area contributed by atoms with Crippen LogP contribution in [0.3, 0.4) is 0 Å². The monoisotopic (exact) mass is 308 g/mol. The van der Waals surface area contributed by atoms with Gasteiger partial charge in [-0.15, -0.1) is 0 Å². The third kappa shape index (κ3) is 2.62. The van der Waals surface area contributed by atoms with Crippen molar-refractivity contribution in [1.82, 2.24) is 5.32 Å². The van der Waals surface area contributed by atoms with Gasteiger partial charge in [-0.25, -0.2) is 9.69 Å². The molecule has 1 aliphatic rings. The molecule has 1 fully saturated rings. The average molecular weight is 308 g/mol. The van der Waals surface area contributed by atoms with Crippen LogP contribution in [-0.4, -0.2) is 17.8 Å². The number of carbonyl (C=O) groups excluding carboxylic acids is 3. The van der Waals surface area contributed by atoms with Crippen LogP contribution in [0.1, 0.15) is 11.5 Å². The Labute approximate surface area is 131 Å². The van der Waals surface area contributed by atoms with E-state index in [9.17, 15) is 19.2 Å². The van der Waals surface area contributed by atoms with Gasteiger partial charge in [-0.05, 0) is 18.2 Å². The minimum absolute atomic E-state index is 0.0333. The first-order valence-corrected chi connectivity index (χ1v) is 6.92. The number of rotatable bonds is 2. The number of amides is 4. The third-order valence-corrected chi connectivity index (χ3v) is 3.52. The van der Waals surface area contributed by atoms with Crippen molar-refractivity contribution in [3.8, 4) is 0 Å². The number of benzene rings is 1. The maximum Gasteiger partial charge on any atom is 0.335 e. The zero-order valence-corrected chi connectivity index (χ0v) is 11.9. The summed E-state index contributed by atoms with van der Waals surface area (Å²) in [6.07, 6.45) is 0. The number of nitrogens with zero attached hydrogens (tertiary/aromatic N) is 1. The molecule has 0 bridgehead atoms. The lowest BCUT2D eigenvalue weighted by atomic mass is 9.95. The Morgan fingerprint density at radius 2 is 1.39 bits per heavy atom. The highest BCUT2D eigenvalue weighted by atomic mass is 16.2. The summed E-state index contributed by atoms with van der Waals surface area (Å²) in [6, 6.07) is 14.8. The molecule has 1 saturated heterocycles. The van der Waals surface area contributed by atoms with Crippen molar-refractivity contribution in [2.24, 2.45) is 0 Å². The van der Waals surface area contributed by atoms with Crippen LogP contribution in [0.15, 0.2) is 65.5 Å². The Morgan fingerprint density at radius 3 is 2.09 bits per heavy atom. The summed E-state index contributed by atoms with van der Waals surface area (Å²) in [4.78, 5) is 49.8. The number of imide groups is 2. The second-order valence-corrected chi connectivity index (χ2v) is 4.97. The van der Waals surface area contributed by atoms with E-state index < -0.39 is 29.2 Å². The molecule has 6 nitrogen and oxygen atoms in total. The molecule has 114 valence electrons. The number of hydrogen-bond acceptors (Lipinski definition) is 4. The van der Waals surface area contributed by atoms with Crippen LogP contribution in [0.2, 0.25) is 0 Å². The molecule has 6 heteroatoms. The van der Waals surface area contributed by atoms with Gasteiger partial charge < -0.3 is 0 Å². The Morgan fingerprint density at radius 1 is 0.783 bits per heavy atom. The van der Waals surface area contributed by atoms with Crippen LogP contribution in [0.25, 0.3) is 0 Å². The normalized spacial score (nSPS) is 17.8. The largest absolute Gasteiger partial charge is 0.335 e. The fraction of sp³-hybridized carbons (Fsp3) is 0.0588. The van der Waals surface area contributed by atoms with Gasteiger partial charge in [-0.2, -0.15) is 0 Å². The first-order valence-electron chi connectivity index (χ1n) is 6.92. The molecule has 3 rings (SSSR count). The van der Waals surface area contributed by atoms with E-state index in [1.54, 1.807) is 42.5 Å². The van der Waals surface area contributed by atoms with Crippen LogP contribution >= 0.6 is 0 Å². The zero-order valence-electron chi connectivity index (χ0n) is 11.9. The molecule has 1 N–H and O–H groups in total. The quantitative estimate of drug-likeness (QED) is 0.850. The highest BCUT2D eigenvalue weighted by Gasteiger charge is 2.42. The highest BCUT2D eigenvalue weighted by Crippen LogP contribution is 2.24. The number of anilines is 1. The van der Waals surface area contributed by atoms with Gasteiger partial charge >= 0.3 is 6.03 Å². The summed E-state index contributed by atoms with van der Waals surface area (Å²) in [7, 11) is 0. The van der Waals surface area contributed by atoms with Crippen molar-refractivity contribution >= 4 is 23.5 Å². The predicted molar refractivity (Wildman–Crippen MR) is 82.9 cm³/mol. The van der Waals surface area contributed by atoms with Crippen molar-refractivity contribution in [2.75, 3.05) is 4.90 Å². The number of barbiturate groups is 1. The molecule has 1 unspecified atom stereocenters. The number of urea groups is 1. The minimum atomic E-state index is -1.35. The highest BCUT2D eigenvalue weighted by molar-refractivity contribution is 6.30. The summed E-state index contributed by atoms with van der Waals surface area (Å²) in [5.41, 5.74) is -0.0722. The molecule has 0 aromatic heterocycles. The summed E-state index contributed by atoms with van der Waals surface area (Å²) in [5.74, 6) is -2.89. The van der Waals surface area contributed by atoms with Gasteiger partial charge in [0.25, 0.3) is 5.91 Å². The lowest BCUT2D eigenvalue weighted by Gasteiger charge is -2.29. The van der Waals surface area contributed by atoms with Crippen molar-refractivity contribution in [3.63, 3.8) is 0 Å². The number of hydrogen-bond donors (Lipinski definition) is 1. The molecule has 0 aliphatic carbocycles. The molecule has 1 atom stereocenters. The molecule has 4 amide bonds. The Hall–Kier alpha value is -3.28. The molecule has 0 spiro atoms. The fourth-order valence-corrected chi connectivity index (χ4v) is 2.45. The van der Waals surface area contributed by atoms with E-state index in [1.165, 1.54) is 18.2 Å². The fourth-order valence-electron chi connectivity index (χ4n) is 2.45. The van der Waals surface area contributed by atoms with Gasteiger partial charge in [0, 0.05) is 5.56 Å². The van der Waals surface area contributed by atoms with Gasteiger partial charge in [0.15, 0.2) is 5.43 Å². The average Bonchev–Trinajstić information content (AvgIpc) is 2.73. The standard InChI is InChI=1S/C17H12N2O4/c20-13-10-6-2-5-9-12(13)14-15(21)18-17(23)19(16(14)22)11-7-3-1-4-8-11/h1-10,14H,(H,18,21,23). The van der Waals surface area contributed by atoms with Crippen LogP contribution in [0.4, 0.5) is 10.5 Å². The maximum atomic E-state index is 12.7. The number of nitrogens with one attached hydrogen (secondary N) is 1. The molecule has 23 heavy (non-hydrogen) atoms. The SMILES string of the molecule is O=C1NC(=O)N(c2ccccc2)C(=O)C1c1cccccc1=O. The predicted octanol–water partition coefficient (Wildman–Crippen LogP) is 1.41. The molecule has 1 heterocycles. The lowest BCUT2D eigenvalue weighted by Crippen LogP contribution is -2.57. The molecule has 2 aromatic carbocycles. The molecule has 1 aliphatic heterocycles. The van der Waals surface area contributed by atoms with Gasteiger partial charge in [-0.1, -0.05) is 42.5 Å². The van der Waals surface area contributed by atoms with Crippen molar-refractivity contribution in [3.05, 3.63) is 76.5 Å². The van der Waals surface area contributed by atoms with Crippen molar-refractivity contribution in [2.45, 2.75) is 5.92 Å². The van der Waals surface area contributed by atoms with Crippen molar-refractivity contribution in [1.29, 1.82) is 0 Å². The topological polar surface area (TPSA) is 83.6 Å². The van der Waals surface area contributed by atoms with Gasteiger partial charge in [-0.3, -0.25) is 19.7 Å². The van der Waals surface area contributed by atoms with Crippen LogP contribution in [0, 0.1) is 0 Å². The van der Waals surface area contributed by atoms with E-state index in [2.05, 4.69) is 5.32 Å². The van der Waals surface area contributed by atoms with E-state index in [-0.39, 0.29) is 5.56 Å². The Bertz CT molecular complexity index is 848. The van der Waals surface area contributed by atoms with E-state index in [4.69, 9.17) is 0 Å². The van der Waals surface area contributed by atoms with Crippen LogP contribution in [-0.2, 0) is 9.59 Å². The Kier molecular flexibility index (Phi) is 3.72. The minimum Gasteiger partial charge on any atom is -0.290 e. The second-order valence-electron chi connectivity index (χ2n) is 4.97. The molecule has 0 saturated carbocycles. The van der Waals surface area contributed by atoms with E-state index in [1.807, 2.05) is 0 Å². The summed E-state index contributed by atoms with van der Waals surface area (Å²) in [5, 5.41) is 2.13. The summed E-state index contributed by atoms with van der Waals surface area (Å²) < 4.78 is 0. The molecule has 0 radical (unpaired) electrons. The van der Waals surface area contributed by atoms with Gasteiger partial charge in [0.05, 0.1) is 5.69 Å². The van der Waals surface area contributed by atoms with E-state index in [0.29, 0.717) is 5.69 Å². The second kappa shape index (κ2) is 5.84. The zero-order chi connectivity index (χ0) is 16.4. The maximum absolute atomic E-state index is 12.7. The summed E-state index contributed by atoms with van der Waals surface area (Å²) >= 11 is 0. The summed E-state index contributed by atoms with van der Waals surface area (Å²) in [6.45, 7) is 0. The Balaban J connectivity index is 2.10. The number of para-hydroxylation sites is 1. The third-order valence-electron chi connectivity index (χ3n) is 3.52. The molecular formula is C17H12N2O4. The smallest absolute Gasteiger partial charge is 0.290 e.